The van der Waals surface area contributed by atoms with Gasteiger partial charge in [-0.2, -0.15) is 0 Å². The number of hydrogen-bond acceptors (Lipinski definition) is 5. The Labute approximate surface area is 123 Å². The monoisotopic (exact) mass is 288 g/mol. The normalized spacial score (nSPS) is 15.5. The van der Waals surface area contributed by atoms with Crippen LogP contribution in [0.25, 0.3) is 11.4 Å². The van der Waals surface area contributed by atoms with Crippen molar-refractivity contribution in [3.05, 3.63) is 30.1 Å². The number of aliphatic hydroxyl groups excluding tert-OH is 2. The minimum Gasteiger partial charge on any atom is -0.394 e. The standard InChI is InChI=1S/C15H20N4O2/c20-10-13(21)9-16-12-6-4-11(5-7-12)15-18-17-14-3-1-2-8-19(14)15/h4-7,13,16,20-21H,1-3,8-10H2. The number of nitrogens with one attached hydrogen (secondary N) is 1. The predicted octanol–water partition coefficient (Wildman–Crippen LogP) is 1.05. The molecule has 0 spiro atoms. The number of aryl methyl sites for hydroxylation is 1. The molecule has 0 saturated carbocycles. The van der Waals surface area contributed by atoms with Crippen molar-refractivity contribution in [1.82, 2.24) is 14.8 Å². The first-order valence-corrected chi connectivity index (χ1v) is 7.33. The van der Waals surface area contributed by atoms with Crippen LogP contribution in [0.1, 0.15) is 18.7 Å². The SMILES string of the molecule is OCC(O)CNc1ccc(-c2nnc3n2CCCC3)cc1. The number of benzene rings is 1. The molecule has 3 rings (SSSR count). The third-order valence-electron chi connectivity index (χ3n) is 3.76. The summed E-state index contributed by atoms with van der Waals surface area (Å²) < 4.78 is 2.20. The molecule has 21 heavy (non-hydrogen) atoms. The van der Waals surface area contributed by atoms with Crippen molar-refractivity contribution < 1.29 is 10.2 Å². The molecule has 1 aromatic carbocycles. The molecule has 0 amide bonds. The van der Waals surface area contributed by atoms with Crippen LogP contribution in [-0.2, 0) is 13.0 Å². The van der Waals surface area contributed by atoms with Gasteiger partial charge in [-0.3, -0.25) is 0 Å². The highest BCUT2D eigenvalue weighted by Gasteiger charge is 2.16. The average Bonchev–Trinajstić information content (AvgIpc) is 2.97. The molecule has 0 saturated heterocycles. The zero-order valence-corrected chi connectivity index (χ0v) is 11.9. The summed E-state index contributed by atoms with van der Waals surface area (Å²) in [7, 11) is 0. The van der Waals surface area contributed by atoms with E-state index in [1.165, 1.54) is 12.8 Å². The molecule has 1 unspecified atom stereocenters. The molecule has 2 aromatic rings. The van der Waals surface area contributed by atoms with Crippen LogP contribution in [0.2, 0.25) is 0 Å². The van der Waals surface area contributed by atoms with Crippen LogP contribution in [0.5, 0.6) is 0 Å². The van der Waals surface area contributed by atoms with Crippen molar-refractivity contribution in [2.24, 2.45) is 0 Å². The zero-order valence-electron chi connectivity index (χ0n) is 11.9. The van der Waals surface area contributed by atoms with E-state index >= 15 is 0 Å². The second-order valence-electron chi connectivity index (χ2n) is 5.34. The van der Waals surface area contributed by atoms with Gasteiger partial charge in [0.15, 0.2) is 5.82 Å². The van der Waals surface area contributed by atoms with E-state index in [1.807, 2.05) is 24.3 Å². The fourth-order valence-corrected chi connectivity index (χ4v) is 2.56. The summed E-state index contributed by atoms with van der Waals surface area (Å²) in [6.45, 7) is 1.08. The summed E-state index contributed by atoms with van der Waals surface area (Å²) >= 11 is 0. The third-order valence-corrected chi connectivity index (χ3v) is 3.76. The predicted molar refractivity (Wildman–Crippen MR) is 80.0 cm³/mol. The maximum atomic E-state index is 9.32. The molecule has 1 aliphatic heterocycles. The number of rotatable bonds is 5. The first-order valence-electron chi connectivity index (χ1n) is 7.33. The summed E-state index contributed by atoms with van der Waals surface area (Å²) in [5.41, 5.74) is 1.95. The van der Waals surface area contributed by atoms with Crippen LogP contribution in [0.15, 0.2) is 24.3 Å². The third kappa shape index (κ3) is 3.06. The molecule has 0 aliphatic carbocycles. The van der Waals surface area contributed by atoms with Crippen molar-refractivity contribution in [2.75, 3.05) is 18.5 Å². The number of nitrogens with zero attached hydrogens (tertiary/aromatic N) is 3. The molecule has 0 bridgehead atoms. The summed E-state index contributed by atoms with van der Waals surface area (Å²) in [5.74, 6) is 2.00. The number of aliphatic hydroxyl groups is 2. The lowest BCUT2D eigenvalue weighted by atomic mass is 10.1. The summed E-state index contributed by atoms with van der Waals surface area (Å²) in [6, 6.07) is 7.90. The molecule has 112 valence electrons. The van der Waals surface area contributed by atoms with Crippen LogP contribution in [-0.4, -0.2) is 44.2 Å². The highest BCUT2D eigenvalue weighted by molar-refractivity contribution is 5.60. The van der Waals surface area contributed by atoms with Gasteiger partial charge in [0, 0.05) is 30.8 Å². The summed E-state index contributed by atoms with van der Waals surface area (Å²) in [5, 5.41) is 29.8. The Bertz CT molecular complexity index is 594. The van der Waals surface area contributed by atoms with Gasteiger partial charge in [0.25, 0.3) is 0 Å². The Kier molecular flexibility index (Phi) is 4.17. The molecule has 1 aromatic heterocycles. The van der Waals surface area contributed by atoms with E-state index in [0.29, 0.717) is 6.54 Å². The van der Waals surface area contributed by atoms with E-state index < -0.39 is 6.10 Å². The first-order chi connectivity index (χ1) is 10.3. The quantitative estimate of drug-likeness (QED) is 0.766. The lowest BCUT2D eigenvalue weighted by Gasteiger charge is -2.15. The molecule has 2 heterocycles. The van der Waals surface area contributed by atoms with Gasteiger partial charge >= 0.3 is 0 Å². The van der Waals surface area contributed by atoms with Gasteiger partial charge in [-0.05, 0) is 37.1 Å². The molecule has 6 heteroatoms. The number of anilines is 1. The minimum absolute atomic E-state index is 0.239. The van der Waals surface area contributed by atoms with Crippen molar-refractivity contribution in [3.8, 4) is 11.4 Å². The molecule has 0 radical (unpaired) electrons. The van der Waals surface area contributed by atoms with E-state index in [-0.39, 0.29) is 6.61 Å². The lowest BCUT2D eigenvalue weighted by molar-refractivity contribution is 0.105. The highest BCUT2D eigenvalue weighted by Crippen LogP contribution is 2.24. The lowest BCUT2D eigenvalue weighted by Crippen LogP contribution is -2.22. The smallest absolute Gasteiger partial charge is 0.163 e. The van der Waals surface area contributed by atoms with Gasteiger partial charge in [-0.15, -0.1) is 10.2 Å². The van der Waals surface area contributed by atoms with Gasteiger partial charge in [0.2, 0.25) is 0 Å². The topological polar surface area (TPSA) is 83.2 Å². The van der Waals surface area contributed by atoms with E-state index in [4.69, 9.17) is 5.11 Å². The number of hydrogen-bond donors (Lipinski definition) is 3. The largest absolute Gasteiger partial charge is 0.394 e. The molecule has 6 nitrogen and oxygen atoms in total. The van der Waals surface area contributed by atoms with Crippen molar-refractivity contribution in [1.29, 1.82) is 0 Å². The Morgan fingerprint density at radius 2 is 2.00 bits per heavy atom. The maximum absolute atomic E-state index is 9.32. The summed E-state index contributed by atoms with van der Waals surface area (Å²) in [6.07, 6.45) is 2.63. The van der Waals surface area contributed by atoms with Crippen molar-refractivity contribution in [2.45, 2.75) is 31.9 Å². The molecule has 0 fully saturated rings. The first kappa shape index (κ1) is 14.0. The zero-order chi connectivity index (χ0) is 14.7. The maximum Gasteiger partial charge on any atom is 0.163 e. The highest BCUT2D eigenvalue weighted by atomic mass is 16.3. The van der Waals surface area contributed by atoms with Gasteiger partial charge in [-0.25, -0.2) is 0 Å². The molecule has 1 aliphatic rings. The summed E-state index contributed by atoms with van der Waals surface area (Å²) in [4.78, 5) is 0. The van der Waals surface area contributed by atoms with Crippen LogP contribution < -0.4 is 5.32 Å². The second-order valence-corrected chi connectivity index (χ2v) is 5.34. The van der Waals surface area contributed by atoms with Crippen LogP contribution in [0, 0.1) is 0 Å². The Balaban J connectivity index is 1.73. The number of aromatic nitrogens is 3. The van der Waals surface area contributed by atoms with Crippen molar-refractivity contribution >= 4 is 5.69 Å². The van der Waals surface area contributed by atoms with E-state index in [0.717, 1.165) is 35.9 Å². The van der Waals surface area contributed by atoms with Gasteiger partial charge in [0.05, 0.1) is 12.7 Å². The molecule has 3 N–H and O–H groups in total. The second kappa shape index (κ2) is 6.24. The van der Waals surface area contributed by atoms with E-state index in [9.17, 15) is 5.11 Å². The van der Waals surface area contributed by atoms with Crippen LogP contribution in [0.4, 0.5) is 5.69 Å². The number of fused-ring (bicyclic) bond motifs is 1. The van der Waals surface area contributed by atoms with E-state index in [2.05, 4.69) is 20.1 Å². The fraction of sp³-hybridized carbons (Fsp3) is 0.467. The van der Waals surface area contributed by atoms with Gasteiger partial charge in [0.1, 0.15) is 5.82 Å². The van der Waals surface area contributed by atoms with Gasteiger partial charge in [-0.1, -0.05) is 0 Å². The Hall–Kier alpha value is -1.92. The van der Waals surface area contributed by atoms with Crippen molar-refractivity contribution in [3.63, 3.8) is 0 Å². The minimum atomic E-state index is -0.742. The van der Waals surface area contributed by atoms with Crippen LogP contribution in [0.3, 0.4) is 0 Å². The molecular weight excluding hydrogens is 268 g/mol. The Morgan fingerprint density at radius 1 is 1.19 bits per heavy atom. The molecule has 1 atom stereocenters. The molecular formula is C15H20N4O2. The van der Waals surface area contributed by atoms with Gasteiger partial charge < -0.3 is 20.1 Å². The average molecular weight is 288 g/mol. The fourth-order valence-electron chi connectivity index (χ4n) is 2.56. The van der Waals surface area contributed by atoms with Crippen LogP contribution >= 0.6 is 0 Å². The van der Waals surface area contributed by atoms with E-state index in [1.54, 1.807) is 0 Å². The Morgan fingerprint density at radius 3 is 2.76 bits per heavy atom.